The van der Waals surface area contributed by atoms with E-state index in [4.69, 9.17) is 9.47 Å². The first kappa shape index (κ1) is 14.2. The molecule has 0 saturated carbocycles. The normalized spacial score (nSPS) is 21.3. The average Bonchev–Trinajstić information content (AvgIpc) is 2.95. The molecule has 2 aliphatic heterocycles. The Hall–Kier alpha value is -1.75. The van der Waals surface area contributed by atoms with Crippen LogP contribution in [-0.2, 0) is 11.3 Å². The number of amides is 1. The second-order valence-corrected chi connectivity index (χ2v) is 5.80. The third-order valence-corrected chi connectivity index (χ3v) is 4.11. The minimum absolute atomic E-state index is 0.0136. The molecule has 5 nitrogen and oxygen atoms in total. The van der Waals surface area contributed by atoms with E-state index in [0.29, 0.717) is 13.2 Å². The monoisotopic (exact) mass is 290 g/mol. The Morgan fingerprint density at radius 3 is 2.95 bits per heavy atom. The lowest BCUT2D eigenvalue weighted by Gasteiger charge is -2.28. The second-order valence-electron chi connectivity index (χ2n) is 5.80. The van der Waals surface area contributed by atoms with E-state index < -0.39 is 0 Å². The van der Waals surface area contributed by atoms with Crippen molar-refractivity contribution in [2.75, 3.05) is 33.9 Å². The molecule has 0 radical (unpaired) electrons. The molecule has 1 saturated heterocycles. The van der Waals surface area contributed by atoms with Crippen LogP contribution in [0.4, 0.5) is 0 Å². The van der Waals surface area contributed by atoms with Crippen molar-refractivity contribution < 1.29 is 14.3 Å². The lowest BCUT2D eigenvalue weighted by atomic mass is 10.1. The van der Waals surface area contributed by atoms with Gasteiger partial charge in [0.25, 0.3) is 0 Å². The number of nitrogens with zero attached hydrogens (tertiary/aromatic N) is 2. The molecule has 0 aromatic heterocycles. The first-order valence-electron chi connectivity index (χ1n) is 7.49. The number of ether oxygens (including phenoxy) is 2. The van der Waals surface area contributed by atoms with Gasteiger partial charge in [0.1, 0.15) is 13.2 Å². The third kappa shape index (κ3) is 2.83. The van der Waals surface area contributed by atoms with Crippen molar-refractivity contribution in [3.05, 3.63) is 23.8 Å². The van der Waals surface area contributed by atoms with E-state index >= 15 is 0 Å². The Labute approximate surface area is 125 Å². The quantitative estimate of drug-likeness (QED) is 0.846. The molecule has 0 spiro atoms. The molecule has 114 valence electrons. The molecule has 1 unspecified atom stereocenters. The highest BCUT2D eigenvalue weighted by Gasteiger charge is 2.32. The van der Waals surface area contributed by atoms with E-state index in [9.17, 15) is 4.79 Å². The topological polar surface area (TPSA) is 42.0 Å². The summed E-state index contributed by atoms with van der Waals surface area (Å²) in [7, 11) is 3.64. The zero-order valence-corrected chi connectivity index (χ0v) is 12.7. The second kappa shape index (κ2) is 5.93. The molecule has 3 rings (SSSR count). The van der Waals surface area contributed by atoms with E-state index in [2.05, 4.69) is 11.0 Å². The maximum atomic E-state index is 12.3. The van der Waals surface area contributed by atoms with E-state index in [0.717, 1.165) is 43.0 Å². The molecule has 1 aromatic carbocycles. The van der Waals surface area contributed by atoms with Crippen molar-refractivity contribution in [2.45, 2.75) is 25.4 Å². The molecule has 2 heterocycles. The smallest absolute Gasteiger partial charge is 0.239 e. The molecule has 0 bridgehead atoms. The fourth-order valence-corrected chi connectivity index (χ4v) is 3.07. The van der Waals surface area contributed by atoms with Crippen LogP contribution in [0.2, 0.25) is 0 Å². The van der Waals surface area contributed by atoms with Gasteiger partial charge in [-0.2, -0.15) is 0 Å². The van der Waals surface area contributed by atoms with Gasteiger partial charge in [-0.05, 0) is 25.5 Å². The Balaban J connectivity index is 1.78. The van der Waals surface area contributed by atoms with Crippen LogP contribution in [0.25, 0.3) is 0 Å². The number of likely N-dealkylation sites (tertiary alicyclic amines) is 1. The SMILES string of the molecule is CN(C)C(=O)C1CCCN1Cc1cccc2c1OCCO2. The third-order valence-electron chi connectivity index (χ3n) is 4.11. The highest BCUT2D eigenvalue weighted by atomic mass is 16.6. The van der Waals surface area contributed by atoms with Gasteiger partial charge in [0, 0.05) is 26.2 Å². The van der Waals surface area contributed by atoms with E-state index in [1.54, 1.807) is 4.90 Å². The van der Waals surface area contributed by atoms with Gasteiger partial charge in [0.05, 0.1) is 6.04 Å². The number of hydrogen-bond acceptors (Lipinski definition) is 4. The van der Waals surface area contributed by atoms with Crippen LogP contribution in [0, 0.1) is 0 Å². The largest absolute Gasteiger partial charge is 0.486 e. The Bertz CT molecular complexity index is 530. The summed E-state index contributed by atoms with van der Waals surface area (Å²) in [6, 6.07) is 5.97. The van der Waals surface area contributed by atoms with Crippen molar-refractivity contribution in [3.8, 4) is 11.5 Å². The molecule has 1 amide bonds. The number of carbonyl (C=O) groups is 1. The van der Waals surface area contributed by atoms with Gasteiger partial charge < -0.3 is 14.4 Å². The maximum Gasteiger partial charge on any atom is 0.239 e. The van der Waals surface area contributed by atoms with Crippen LogP contribution >= 0.6 is 0 Å². The van der Waals surface area contributed by atoms with Crippen LogP contribution < -0.4 is 9.47 Å². The van der Waals surface area contributed by atoms with Gasteiger partial charge in [-0.3, -0.25) is 9.69 Å². The molecule has 1 atom stereocenters. The average molecular weight is 290 g/mol. The summed E-state index contributed by atoms with van der Waals surface area (Å²) in [5.74, 6) is 1.84. The fraction of sp³-hybridized carbons (Fsp3) is 0.562. The molecule has 5 heteroatoms. The summed E-state index contributed by atoms with van der Waals surface area (Å²) in [5.41, 5.74) is 1.10. The van der Waals surface area contributed by atoms with Crippen LogP contribution in [0.15, 0.2) is 18.2 Å². The zero-order valence-electron chi connectivity index (χ0n) is 12.7. The van der Waals surface area contributed by atoms with Crippen molar-refractivity contribution in [1.82, 2.24) is 9.80 Å². The summed E-state index contributed by atoms with van der Waals surface area (Å²) in [4.78, 5) is 16.2. The summed E-state index contributed by atoms with van der Waals surface area (Å²) >= 11 is 0. The summed E-state index contributed by atoms with van der Waals surface area (Å²) in [6.07, 6.45) is 2.00. The van der Waals surface area contributed by atoms with Crippen molar-refractivity contribution >= 4 is 5.91 Å². The van der Waals surface area contributed by atoms with Gasteiger partial charge in [-0.15, -0.1) is 0 Å². The van der Waals surface area contributed by atoms with Gasteiger partial charge >= 0.3 is 0 Å². The summed E-state index contributed by atoms with van der Waals surface area (Å²) in [6.45, 7) is 2.87. The van der Waals surface area contributed by atoms with E-state index in [-0.39, 0.29) is 11.9 Å². The maximum absolute atomic E-state index is 12.3. The first-order chi connectivity index (χ1) is 10.2. The highest BCUT2D eigenvalue weighted by Crippen LogP contribution is 2.35. The summed E-state index contributed by atoms with van der Waals surface area (Å²) < 4.78 is 11.4. The number of fused-ring (bicyclic) bond motifs is 1. The number of hydrogen-bond donors (Lipinski definition) is 0. The number of para-hydroxylation sites is 1. The molecule has 2 aliphatic rings. The minimum Gasteiger partial charge on any atom is -0.486 e. The molecular formula is C16H22N2O3. The molecule has 0 N–H and O–H groups in total. The Kier molecular flexibility index (Phi) is 4.01. The number of rotatable bonds is 3. The number of likely N-dealkylation sites (N-methyl/N-ethyl adjacent to an activating group) is 1. The highest BCUT2D eigenvalue weighted by molar-refractivity contribution is 5.81. The summed E-state index contributed by atoms with van der Waals surface area (Å²) in [5, 5.41) is 0. The standard InChI is InChI=1S/C16H22N2O3/c1-17(2)16(19)13-6-4-8-18(13)11-12-5-3-7-14-15(12)21-10-9-20-14/h3,5,7,13H,4,6,8-11H2,1-2H3. The van der Waals surface area contributed by atoms with Gasteiger partial charge in [0.2, 0.25) is 5.91 Å². The zero-order chi connectivity index (χ0) is 14.8. The molecular weight excluding hydrogens is 268 g/mol. The lowest BCUT2D eigenvalue weighted by Crippen LogP contribution is -2.42. The molecule has 1 aromatic rings. The number of carbonyl (C=O) groups excluding carboxylic acids is 1. The lowest BCUT2D eigenvalue weighted by molar-refractivity contribution is -0.133. The van der Waals surface area contributed by atoms with Crippen molar-refractivity contribution in [2.24, 2.45) is 0 Å². The number of benzene rings is 1. The minimum atomic E-state index is -0.0136. The van der Waals surface area contributed by atoms with Crippen LogP contribution in [0.5, 0.6) is 11.5 Å². The van der Waals surface area contributed by atoms with Gasteiger partial charge in [0.15, 0.2) is 11.5 Å². The molecule has 1 fully saturated rings. The first-order valence-corrected chi connectivity index (χ1v) is 7.49. The van der Waals surface area contributed by atoms with E-state index in [1.807, 2.05) is 26.2 Å². The van der Waals surface area contributed by atoms with Crippen LogP contribution in [0.3, 0.4) is 0 Å². The Morgan fingerprint density at radius 1 is 1.33 bits per heavy atom. The molecule has 0 aliphatic carbocycles. The fourth-order valence-electron chi connectivity index (χ4n) is 3.07. The van der Waals surface area contributed by atoms with Crippen LogP contribution in [0.1, 0.15) is 18.4 Å². The van der Waals surface area contributed by atoms with Crippen molar-refractivity contribution in [1.29, 1.82) is 0 Å². The Morgan fingerprint density at radius 2 is 2.14 bits per heavy atom. The van der Waals surface area contributed by atoms with Crippen molar-refractivity contribution in [3.63, 3.8) is 0 Å². The van der Waals surface area contributed by atoms with E-state index in [1.165, 1.54) is 0 Å². The predicted molar refractivity (Wildman–Crippen MR) is 79.6 cm³/mol. The van der Waals surface area contributed by atoms with Gasteiger partial charge in [-0.25, -0.2) is 0 Å². The predicted octanol–water partition coefficient (Wildman–Crippen LogP) is 1.51. The molecule has 21 heavy (non-hydrogen) atoms. The van der Waals surface area contributed by atoms with Crippen LogP contribution in [-0.4, -0.2) is 55.6 Å². The van der Waals surface area contributed by atoms with Gasteiger partial charge in [-0.1, -0.05) is 12.1 Å².